The van der Waals surface area contributed by atoms with Crippen molar-refractivity contribution < 1.29 is 12.8 Å². The summed E-state index contributed by atoms with van der Waals surface area (Å²) in [5, 5.41) is 0. The van der Waals surface area contributed by atoms with Gasteiger partial charge in [0.05, 0.1) is 17.1 Å². The van der Waals surface area contributed by atoms with Crippen molar-refractivity contribution >= 4 is 21.4 Å². The number of benzene rings is 2. The van der Waals surface area contributed by atoms with Crippen LogP contribution in [0.2, 0.25) is 0 Å². The minimum atomic E-state index is -3.57. The number of nitrogens with one attached hydrogen (secondary N) is 1. The molecule has 0 unspecified atom stereocenters. The monoisotopic (exact) mass is 280 g/mol. The van der Waals surface area contributed by atoms with E-state index in [4.69, 9.17) is 5.73 Å². The molecule has 2 aromatic rings. The molecule has 3 N–H and O–H groups in total. The lowest BCUT2D eigenvalue weighted by Crippen LogP contribution is -2.15. The number of halogens is 1. The number of rotatable bonds is 4. The molecule has 0 fully saturated rings. The standard InChI is InChI=1S/C13H13FN2O2S/c14-12-8-11(6-7-13(12)15)16-19(17,18)9-10-4-2-1-3-5-10/h1-8,16H,9,15H2. The van der Waals surface area contributed by atoms with E-state index < -0.39 is 15.8 Å². The minimum absolute atomic E-state index is 0.0222. The van der Waals surface area contributed by atoms with E-state index >= 15 is 0 Å². The van der Waals surface area contributed by atoms with Gasteiger partial charge in [-0.1, -0.05) is 30.3 Å². The van der Waals surface area contributed by atoms with E-state index in [1.54, 1.807) is 30.3 Å². The summed E-state index contributed by atoms with van der Waals surface area (Å²) in [6, 6.07) is 12.5. The van der Waals surface area contributed by atoms with Gasteiger partial charge in [-0.25, -0.2) is 12.8 Å². The summed E-state index contributed by atoms with van der Waals surface area (Å²) in [4.78, 5) is 0. The highest BCUT2D eigenvalue weighted by Crippen LogP contribution is 2.18. The molecule has 0 amide bonds. The largest absolute Gasteiger partial charge is 0.396 e. The van der Waals surface area contributed by atoms with Gasteiger partial charge in [0.2, 0.25) is 10.0 Å². The fraction of sp³-hybridized carbons (Fsp3) is 0.0769. The Balaban J connectivity index is 2.15. The predicted molar refractivity (Wildman–Crippen MR) is 73.5 cm³/mol. The smallest absolute Gasteiger partial charge is 0.236 e. The Hall–Kier alpha value is -2.08. The molecule has 0 radical (unpaired) electrons. The van der Waals surface area contributed by atoms with E-state index in [1.807, 2.05) is 0 Å². The summed E-state index contributed by atoms with van der Waals surface area (Å²) in [6.45, 7) is 0. The third-order valence-corrected chi connectivity index (χ3v) is 3.73. The highest BCUT2D eigenvalue weighted by molar-refractivity contribution is 7.91. The SMILES string of the molecule is Nc1ccc(NS(=O)(=O)Cc2ccccc2)cc1F. The number of nitrogens with two attached hydrogens (primary N) is 1. The molecule has 0 aliphatic rings. The number of hydrogen-bond acceptors (Lipinski definition) is 3. The Kier molecular flexibility index (Phi) is 3.71. The van der Waals surface area contributed by atoms with Crippen LogP contribution in [-0.2, 0) is 15.8 Å². The normalized spacial score (nSPS) is 11.2. The molecule has 4 nitrogen and oxygen atoms in total. The van der Waals surface area contributed by atoms with Crippen LogP contribution in [0.3, 0.4) is 0 Å². The molecular formula is C13H13FN2O2S. The fourth-order valence-electron chi connectivity index (χ4n) is 1.60. The van der Waals surface area contributed by atoms with Gasteiger partial charge in [0.15, 0.2) is 0 Å². The van der Waals surface area contributed by atoms with Gasteiger partial charge in [-0.15, -0.1) is 0 Å². The van der Waals surface area contributed by atoms with E-state index in [0.717, 1.165) is 6.07 Å². The molecule has 0 aromatic heterocycles. The predicted octanol–water partition coefficient (Wildman–Crippen LogP) is 2.35. The average molecular weight is 280 g/mol. The second kappa shape index (κ2) is 5.27. The summed E-state index contributed by atoms with van der Waals surface area (Å²) in [5.74, 6) is -0.820. The molecule has 19 heavy (non-hydrogen) atoms. The maximum atomic E-state index is 13.2. The molecule has 2 aromatic carbocycles. The van der Waals surface area contributed by atoms with Gasteiger partial charge in [-0.05, 0) is 17.7 Å². The summed E-state index contributed by atoms with van der Waals surface area (Å²) in [6.07, 6.45) is 0. The second-order valence-electron chi connectivity index (χ2n) is 4.08. The Morgan fingerprint density at radius 2 is 1.79 bits per heavy atom. The first-order valence-electron chi connectivity index (χ1n) is 5.56. The fourth-order valence-corrected chi connectivity index (χ4v) is 2.79. The van der Waals surface area contributed by atoms with Gasteiger partial charge in [-0.2, -0.15) is 0 Å². The molecule has 0 aliphatic carbocycles. The van der Waals surface area contributed by atoms with Crippen LogP contribution in [0.1, 0.15) is 5.56 Å². The van der Waals surface area contributed by atoms with Gasteiger partial charge in [0.1, 0.15) is 5.82 Å². The zero-order chi connectivity index (χ0) is 13.9. The maximum absolute atomic E-state index is 13.2. The summed E-state index contributed by atoms with van der Waals surface area (Å²) in [5.41, 5.74) is 6.12. The quantitative estimate of drug-likeness (QED) is 0.844. The van der Waals surface area contributed by atoms with Crippen LogP contribution in [0.5, 0.6) is 0 Å². The van der Waals surface area contributed by atoms with Crippen LogP contribution >= 0.6 is 0 Å². The minimum Gasteiger partial charge on any atom is -0.396 e. The Morgan fingerprint density at radius 1 is 1.11 bits per heavy atom. The number of hydrogen-bond donors (Lipinski definition) is 2. The topological polar surface area (TPSA) is 72.2 Å². The third kappa shape index (κ3) is 3.69. The Morgan fingerprint density at radius 3 is 2.42 bits per heavy atom. The molecule has 0 heterocycles. The first kappa shape index (κ1) is 13.4. The number of nitrogen functional groups attached to an aromatic ring is 1. The van der Waals surface area contributed by atoms with Crippen molar-refractivity contribution in [1.29, 1.82) is 0 Å². The number of anilines is 2. The molecule has 2 rings (SSSR count). The van der Waals surface area contributed by atoms with Gasteiger partial charge >= 0.3 is 0 Å². The van der Waals surface area contributed by atoms with Crippen molar-refractivity contribution in [2.45, 2.75) is 5.75 Å². The maximum Gasteiger partial charge on any atom is 0.236 e. The van der Waals surface area contributed by atoms with Crippen LogP contribution in [0, 0.1) is 5.82 Å². The molecule has 6 heteroatoms. The molecule has 0 spiro atoms. The molecule has 0 atom stereocenters. The number of sulfonamides is 1. The van der Waals surface area contributed by atoms with Crippen LogP contribution in [0.15, 0.2) is 48.5 Å². The summed E-state index contributed by atoms with van der Waals surface area (Å²) < 4.78 is 39.3. The van der Waals surface area contributed by atoms with Crippen LogP contribution in [0.4, 0.5) is 15.8 Å². The van der Waals surface area contributed by atoms with Gasteiger partial charge in [-0.3, -0.25) is 4.72 Å². The summed E-state index contributed by atoms with van der Waals surface area (Å²) >= 11 is 0. The molecule has 100 valence electrons. The highest BCUT2D eigenvalue weighted by Gasteiger charge is 2.12. The van der Waals surface area contributed by atoms with Gasteiger partial charge in [0.25, 0.3) is 0 Å². The molecule has 0 bridgehead atoms. The third-order valence-electron chi connectivity index (χ3n) is 2.47. The average Bonchev–Trinajstić information content (AvgIpc) is 2.34. The Labute approximate surface area is 111 Å². The van der Waals surface area contributed by atoms with E-state index in [-0.39, 0.29) is 17.1 Å². The lowest BCUT2D eigenvalue weighted by atomic mass is 10.2. The first-order valence-corrected chi connectivity index (χ1v) is 7.21. The molecule has 0 aliphatic heterocycles. The van der Waals surface area contributed by atoms with Crippen molar-refractivity contribution in [3.63, 3.8) is 0 Å². The lowest BCUT2D eigenvalue weighted by Gasteiger charge is -2.08. The second-order valence-corrected chi connectivity index (χ2v) is 5.81. The zero-order valence-electron chi connectivity index (χ0n) is 10.0. The van der Waals surface area contributed by atoms with E-state index in [0.29, 0.717) is 5.56 Å². The van der Waals surface area contributed by atoms with Crippen LogP contribution in [0.25, 0.3) is 0 Å². The van der Waals surface area contributed by atoms with E-state index in [9.17, 15) is 12.8 Å². The lowest BCUT2D eigenvalue weighted by molar-refractivity contribution is 0.600. The van der Waals surface area contributed by atoms with E-state index in [1.165, 1.54) is 12.1 Å². The first-order chi connectivity index (χ1) is 8.96. The highest BCUT2D eigenvalue weighted by atomic mass is 32.2. The Bertz CT molecular complexity index is 672. The van der Waals surface area contributed by atoms with Crippen LogP contribution in [-0.4, -0.2) is 8.42 Å². The van der Waals surface area contributed by atoms with Crippen molar-refractivity contribution in [2.24, 2.45) is 0 Å². The van der Waals surface area contributed by atoms with Crippen molar-refractivity contribution in [2.75, 3.05) is 10.5 Å². The molecule has 0 saturated heterocycles. The summed E-state index contributed by atoms with van der Waals surface area (Å²) in [7, 11) is -3.57. The molecule has 0 saturated carbocycles. The molecular weight excluding hydrogens is 267 g/mol. The van der Waals surface area contributed by atoms with Crippen molar-refractivity contribution in [3.05, 3.63) is 59.9 Å². The van der Waals surface area contributed by atoms with Gasteiger partial charge in [0, 0.05) is 6.07 Å². The van der Waals surface area contributed by atoms with Gasteiger partial charge < -0.3 is 5.73 Å². The van der Waals surface area contributed by atoms with E-state index in [2.05, 4.69) is 4.72 Å². The zero-order valence-corrected chi connectivity index (χ0v) is 10.8. The van der Waals surface area contributed by atoms with Crippen LogP contribution < -0.4 is 10.5 Å². The van der Waals surface area contributed by atoms with Crippen molar-refractivity contribution in [3.8, 4) is 0 Å². The van der Waals surface area contributed by atoms with Crippen molar-refractivity contribution in [1.82, 2.24) is 0 Å².